The molecule has 0 spiro atoms. The zero-order valence-corrected chi connectivity index (χ0v) is 12.0. The van der Waals surface area contributed by atoms with E-state index in [0.717, 1.165) is 0 Å². The number of nitrogen functional groups attached to an aromatic ring is 1. The van der Waals surface area contributed by atoms with Crippen LogP contribution in [0.25, 0.3) is 0 Å². The van der Waals surface area contributed by atoms with Gasteiger partial charge in [-0.15, -0.1) is 11.3 Å². The van der Waals surface area contributed by atoms with Gasteiger partial charge in [-0.3, -0.25) is 4.79 Å². The van der Waals surface area contributed by atoms with E-state index in [-0.39, 0.29) is 5.56 Å². The summed E-state index contributed by atoms with van der Waals surface area (Å²) in [5.41, 5.74) is 6.67. The number of methoxy groups -OCH3 is 1. The lowest BCUT2D eigenvalue weighted by Gasteiger charge is -2.08. The van der Waals surface area contributed by atoms with Gasteiger partial charge in [0.1, 0.15) is 4.88 Å². The lowest BCUT2D eigenvalue weighted by molar-refractivity contribution is 0.0607. The number of carbonyl (C=O) groups excluding carboxylic acids is 2. The molecule has 0 aliphatic rings. The first kappa shape index (κ1) is 14.4. The van der Waals surface area contributed by atoms with Gasteiger partial charge < -0.3 is 15.8 Å². The van der Waals surface area contributed by atoms with Crippen LogP contribution in [0, 0.1) is 0 Å². The molecule has 1 aromatic heterocycles. The molecule has 104 valence electrons. The Balaban J connectivity index is 2.26. The molecule has 0 fully saturated rings. The third-order valence-electron chi connectivity index (χ3n) is 2.54. The molecule has 0 bridgehead atoms. The molecule has 0 saturated heterocycles. The first-order valence-corrected chi connectivity index (χ1v) is 6.81. The van der Waals surface area contributed by atoms with E-state index in [1.165, 1.54) is 24.5 Å². The number of hydrogen-bond acceptors (Lipinski definition) is 5. The molecule has 2 rings (SSSR count). The maximum atomic E-state index is 12.2. The summed E-state index contributed by atoms with van der Waals surface area (Å²) in [5.74, 6) is -0.942. The van der Waals surface area contributed by atoms with E-state index in [9.17, 15) is 9.59 Å². The number of esters is 1. The van der Waals surface area contributed by atoms with Crippen molar-refractivity contribution in [3.8, 4) is 0 Å². The zero-order chi connectivity index (χ0) is 14.7. The van der Waals surface area contributed by atoms with Crippen LogP contribution in [0.5, 0.6) is 0 Å². The van der Waals surface area contributed by atoms with Crippen molar-refractivity contribution in [3.05, 3.63) is 45.1 Å². The Morgan fingerprint density at radius 1 is 1.35 bits per heavy atom. The van der Waals surface area contributed by atoms with Gasteiger partial charge in [0.05, 0.1) is 18.4 Å². The van der Waals surface area contributed by atoms with Gasteiger partial charge in [-0.1, -0.05) is 11.6 Å². The van der Waals surface area contributed by atoms with E-state index >= 15 is 0 Å². The second-order valence-electron chi connectivity index (χ2n) is 3.84. The standard InChI is InChI=1S/C13H11ClN2O3S/c1-19-13(18)11-10(4-5-20-11)16-12(17)8-6-7(14)2-3-9(8)15/h2-6H,15H2,1H3,(H,16,17). The molecule has 0 saturated carbocycles. The van der Waals surface area contributed by atoms with Crippen molar-refractivity contribution >= 4 is 46.2 Å². The first-order chi connectivity index (χ1) is 9.52. The van der Waals surface area contributed by atoms with Crippen LogP contribution in [0.1, 0.15) is 20.0 Å². The van der Waals surface area contributed by atoms with Crippen molar-refractivity contribution < 1.29 is 14.3 Å². The Hall–Kier alpha value is -2.05. The summed E-state index contributed by atoms with van der Waals surface area (Å²) in [4.78, 5) is 24.0. The highest BCUT2D eigenvalue weighted by Gasteiger charge is 2.17. The maximum absolute atomic E-state index is 12.2. The molecular formula is C13H11ClN2O3S. The molecule has 1 amide bonds. The minimum atomic E-state index is -0.505. The number of hydrogen-bond donors (Lipinski definition) is 2. The van der Waals surface area contributed by atoms with Crippen molar-refractivity contribution in [1.29, 1.82) is 0 Å². The van der Waals surface area contributed by atoms with Gasteiger partial charge in [0.15, 0.2) is 0 Å². The summed E-state index contributed by atoms with van der Waals surface area (Å²) >= 11 is 7.02. The molecule has 1 aromatic carbocycles. The number of amides is 1. The summed E-state index contributed by atoms with van der Waals surface area (Å²) in [6.07, 6.45) is 0. The van der Waals surface area contributed by atoms with Gasteiger partial charge in [0.25, 0.3) is 5.91 Å². The summed E-state index contributed by atoms with van der Waals surface area (Å²) in [7, 11) is 1.28. The number of thiophene rings is 1. The Morgan fingerprint density at radius 3 is 2.80 bits per heavy atom. The molecule has 0 unspecified atom stereocenters. The summed E-state index contributed by atoms with van der Waals surface area (Å²) in [5, 5.41) is 4.71. The fourth-order valence-corrected chi connectivity index (χ4v) is 2.51. The molecule has 1 heterocycles. The average Bonchev–Trinajstić information content (AvgIpc) is 2.88. The number of anilines is 2. The van der Waals surface area contributed by atoms with E-state index in [4.69, 9.17) is 17.3 Å². The highest BCUT2D eigenvalue weighted by atomic mass is 35.5. The van der Waals surface area contributed by atoms with E-state index < -0.39 is 11.9 Å². The number of ether oxygens (including phenoxy) is 1. The van der Waals surface area contributed by atoms with Crippen LogP contribution in [0.15, 0.2) is 29.6 Å². The molecule has 0 aliphatic heterocycles. The van der Waals surface area contributed by atoms with Crippen LogP contribution in [-0.2, 0) is 4.74 Å². The lowest BCUT2D eigenvalue weighted by atomic mass is 10.1. The highest BCUT2D eigenvalue weighted by molar-refractivity contribution is 7.12. The second kappa shape index (κ2) is 5.94. The Bertz CT molecular complexity index is 669. The van der Waals surface area contributed by atoms with Crippen molar-refractivity contribution in [3.63, 3.8) is 0 Å². The molecule has 20 heavy (non-hydrogen) atoms. The SMILES string of the molecule is COC(=O)c1sccc1NC(=O)c1cc(Cl)ccc1N. The minimum Gasteiger partial charge on any atom is -0.465 e. The maximum Gasteiger partial charge on any atom is 0.350 e. The van der Waals surface area contributed by atoms with Crippen LogP contribution in [0.3, 0.4) is 0 Å². The van der Waals surface area contributed by atoms with E-state index in [1.807, 2.05) is 0 Å². The fourth-order valence-electron chi connectivity index (χ4n) is 1.57. The van der Waals surface area contributed by atoms with Crippen LogP contribution in [0.4, 0.5) is 11.4 Å². The smallest absolute Gasteiger partial charge is 0.350 e. The molecule has 0 aliphatic carbocycles. The van der Waals surface area contributed by atoms with Gasteiger partial charge in [0.2, 0.25) is 0 Å². The normalized spacial score (nSPS) is 10.1. The number of rotatable bonds is 3. The molecule has 7 heteroatoms. The lowest BCUT2D eigenvalue weighted by Crippen LogP contribution is -2.15. The number of benzene rings is 1. The predicted octanol–water partition coefficient (Wildman–Crippen LogP) is 3.02. The molecule has 3 N–H and O–H groups in total. The van der Waals surface area contributed by atoms with E-state index in [2.05, 4.69) is 10.1 Å². The zero-order valence-electron chi connectivity index (χ0n) is 10.5. The average molecular weight is 311 g/mol. The van der Waals surface area contributed by atoms with E-state index in [1.54, 1.807) is 23.6 Å². The molecular weight excluding hydrogens is 300 g/mol. The van der Waals surface area contributed by atoms with Gasteiger partial charge >= 0.3 is 5.97 Å². The van der Waals surface area contributed by atoms with Gasteiger partial charge in [-0.25, -0.2) is 4.79 Å². The Labute approximate surface area is 124 Å². The summed E-state index contributed by atoms with van der Waals surface area (Å²) in [6.45, 7) is 0. The predicted molar refractivity (Wildman–Crippen MR) is 79.5 cm³/mol. The number of halogens is 1. The van der Waals surface area contributed by atoms with Crippen molar-refractivity contribution in [2.75, 3.05) is 18.2 Å². The highest BCUT2D eigenvalue weighted by Crippen LogP contribution is 2.25. The van der Waals surface area contributed by atoms with E-state index in [0.29, 0.717) is 21.3 Å². The van der Waals surface area contributed by atoms with Gasteiger partial charge in [-0.2, -0.15) is 0 Å². The first-order valence-electron chi connectivity index (χ1n) is 5.55. The molecule has 0 atom stereocenters. The van der Waals surface area contributed by atoms with Crippen molar-refractivity contribution in [1.82, 2.24) is 0 Å². The van der Waals surface area contributed by atoms with Gasteiger partial charge in [-0.05, 0) is 29.6 Å². The van der Waals surface area contributed by atoms with Crippen LogP contribution in [-0.4, -0.2) is 19.0 Å². The van der Waals surface area contributed by atoms with Gasteiger partial charge in [0, 0.05) is 10.7 Å². The number of nitrogens with one attached hydrogen (secondary N) is 1. The quantitative estimate of drug-likeness (QED) is 0.674. The number of carbonyl (C=O) groups is 2. The monoisotopic (exact) mass is 310 g/mol. The number of nitrogens with two attached hydrogens (primary N) is 1. The third-order valence-corrected chi connectivity index (χ3v) is 3.67. The van der Waals surface area contributed by atoms with Crippen molar-refractivity contribution in [2.24, 2.45) is 0 Å². The largest absolute Gasteiger partial charge is 0.465 e. The Kier molecular flexibility index (Phi) is 4.26. The molecule has 0 radical (unpaired) electrons. The molecule has 5 nitrogen and oxygen atoms in total. The van der Waals surface area contributed by atoms with Crippen molar-refractivity contribution in [2.45, 2.75) is 0 Å². The second-order valence-corrected chi connectivity index (χ2v) is 5.19. The summed E-state index contributed by atoms with van der Waals surface area (Å²) < 4.78 is 4.64. The minimum absolute atomic E-state index is 0.250. The topological polar surface area (TPSA) is 81.4 Å². The van der Waals surface area contributed by atoms with Crippen LogP contribution in [0.2, 0.25) is 5.02 Å². The fraction of sp³-hybridized carbons (Fsp3) is 0.0769. The molecule has 2 aromatic rings. The van der Waals surface area contributed by atoms with Crippen LogP contribution >= 0.6 is 22.9 Å². The van der Waals surface area contributed by atoms with Crippen LogP contribution < -0.4 is 11.1 Å². The Morgan fingerprint density at radius 2 is 2.10 bits per heavy atom. The summed E-state index contributed by atoms with van der Waals surface area (Å²) in [6, 6.07) is 6.23. The third kappa shape index (κ3) is 2.92.